The van der Waals surface area contributed by atoms with Crippen LogP contribution in [0.1, 0.15) is 40.2 Å². The molecule has 29 heavy (non-hydrogen) atoms. The lowest BCUT2D eigenvalue weighted by Gasteiger charge is -2.31. The standard InChI is InChI=1S/C24H26N2O3/c1-2-28-21-11-9-19(10-12-21)24(27)25-16-22(23-8-5-15-29-23)26-14-13-18-6-3-4-7-20(18)17-26/h3-12,15,22H,2,13-14,16-17H2,1H3,(H,25,27)/p+1/t22-/m1/s1. The van der Waals surface area contributed by atoms with Gasteiger partial charge in [-0.3, -0.25) is 4.79 Å². The maximum Gasteiger partial charge on any atom is 0.251 e. The second-order valence-electron chi connectivity index (χ2n) is 7.34. The highest BCUT2D eigenvalue weighted by molar-refractivity contribution is 5.94. The topological polar surface area (TPSA) is 55.9 Å². The van der Waals surface area contributed by atoms with Crippen molar-refractivity contribution >= 4 is 5.91 Å². The van der Waals surface area contributed by atoms with E-state index in [1.165, 1.54) is 16.0 Å². The molecule has 0 spiro atoms. The van der Waals surface area contributed by atoms with Crippen LogP contribution >= 0.6 is 0 Å². The van der Waals surface area contributed by atoms with Crippen LogP contribution in [0.5, 0.6) is 5.75 Å². The Morgan fingerprint density at radius 1 is 1.10 bits per heavy atom. The second-order valence-corrected chi connectivity index (χ2v) is 7.34. The van der Waals surface area contributed by atoms with E-state index in [0.717, 1.165) is 31.0 Å². The Labute approximate surface area is 171 Å². The smallest absolute Gasteiger partial charge is 0.251 e. The zero-order valence-electron chi connectivity index (χ0n) is 16.7. The van der Waals surface area contributed by atoms with Crippen LogP contribution in [0, 0.1) is 0 Å². The lowest BCUT2D eigenvalue weighted by Crippen LogP contribution is -3.12. The van der Waals surface area contributed by atoms with Gasteiger partial charge in [0.05, 0.1) is 26.0 Å². The summed E-state index contributed by atoms with van der Waals surface area (Å²) in [5.41, 5.74) is 3.43. The summed E-state index contributed by atoms with van der Waals surface area (Å²) in [6.45, 7) is 5.02. The van der Waals surface area contributed by atoms with Gasteiger partial charge in [0.2, 0.25) is 0 Å². The Morgan fingerprint density at radius 2 is 1.90 bits per heavy atom. The van der Waals surface area contributed by atoms with Crippen molar-refractivity contribution < 1.29 is 18.8 Å². The largest absolute Gasteiger partial charge is 0.494 e. The Morgan fingerprint density at radius 3 is 2.62 bits per heavy atom. The number of rotatable bonds is 7. The van der Waals surface area contributed by atoms with Gasteiger partial charge < -0.3 is 19.4 Å². The first-order valence-corrected chi connectivity index (χ1v) is 10.2. The number of fused-ring (bicyclic) bond motifs is 1. The van der Waals surface area contributed by atoms with Gasteiger partial charge in [0.25, 0.3) is 5.91 Å². The van der Waals surface area contributed by atoms with E-state index >= 15 is 0 Å². The quantitative estimate of drug-likeness (QED) is 0.651. The molecule has 150 valence electrons. The van der Waals surface area contributed by atoms with Gasteiger partial charge in [-0.25, -0.2) is 0 Å². The Balaban J connectivity index is 1.45. The molecule has 2 N–H and O–H groups in total. The van der Waals surface area contributed by atoms with Crippen LogP contribution in [0.2, 0.25) is 0 Å². The third-order valence-electron chi connectivity index (χ3n) is 5.53. The summed E-state index contributed by atoms with van der Waals surface area (Å²) in [6, 6.07) is 19.8. The summed E-state index contributed by atoms with van der Waals surface area (Å²) < 4.78 is 11.2. The van der Waals surface area contributed by atoms with Crippen LogP contribution in [0.4, 0.5) is 0 Å². The van der Waals surface area contributed by atoms with E-state index in [9.17, 15) is 4.79 Å². The lowest BCUT2D eigenvalue weighted by molar-refractivity contribution is -0.946. The molecule has 0 aliphatic carbocycles. The first-order chi connectivity index (χ1) is 14.2. The summed E-state index contributed by atoms with van der Waals surface area (Å²) in [5, 5.41) is 3.10. The molecular weight excluding hydrogens is 364 g/mol. The highest BCUT2D eigenvalue weighted by Gasteiger charge is 2.30. The average molecular weight is 391 g/mol. The number of amides is 1. The van der Waals surface area contributed by atoms with Crippen LogP contribution in [0.15, 0.2) is 71.3 Å². The molecule has 0 fully saturated rings. The number of carbonyl (C=O) groups excluding carboxylic acids is 1. The predicted octanol–water partition coefficient (Wildman–Crippen LogP) is 2.79. The van der Waals surface area contributed by atoms with Crippen molar-refractivity contribution in [1.82, 2.24) is 5.32 Å². The number of quaternary nitrogens is 1. The van der Waals surface area contributed by atoms with Crippen molar-refractivity contribution in [3.63, 3.8) is 0 Å². The molecule has 0 bridgehead atoms. The van der Waals surface area contributed by atoms with E-state index < -0.39 is 0 Å². The van der Waals surface area contributed by atoms with Gasteiger partial charge in [0, 0.05) is 17.5 Å². The maximum atomic E-state index is 12.7. The monoisotopic (exact) mass is 391 g/mol. The first kappa shape index (κ1) is 19.3. The number of benzene rings is 2. The normalized spacial score (nSPS) is 16.7. The first-order valence-electron chi connectivity index (χ1n) is 10.2. The molecule has 3 aromatic rings. The molecule has 2 heterocycles. The molecule has 1 amide bonds. The van der Waals surface area contributed by atoms with E-state index in [2.05, 4.69) is 29.6 Å². The van der Waals surface area contributed by atoms with Gasteiger partial charge in [-0.05, 0) is 48.9 Å². The minimum atomic E-state index is -0.0820. The molecule has 1 aromatic heterocycles. The lowest BCUT2D eigenvalue weighted by atomic mass is 9.98. The van der Waals surface area contributed by atoms with Crippen molar-refractivity contribution in [2.45, 2.75) is 25.9 Å². The molecule has 0 saturated carbocycles. The van der Waals surface area contributed by atoms with Gasteiger partial charge in [0.15, 0.2) is 11.8 Å². The van der Waals surface area contributed by atoms with Crippen molar-refractivity contribution in [2.75, 3.05) is 19.7 Å². The van der Waals surface area contributed by atoms with Gasteiger partial charge in [-0.1, -0.05) is 24.3 Å². The molecule has 2 aromatic carbocycles. The zero-order chi connectivity index (χ0) is 20.1. The fourth-order valence-corrected chi connectivity index (χ4v) is 4.00. The highest BCUT2D eigenvalue weighted by Crippen LogP contribution is 2.16. The maximum absolute atomic E-state index is 12.7. The number of carbonyl (C=O) groups is 1. The molecule has 1 aliphatic rings. The zero-order valence-corrected chi connectivity index (χ0v) is 16.7. The third kappa shape index (κ3) is 4.51. The molecule has 1 aliphatic heterocycles. The van der Waals surface area contributed by atoms with Gasteiger partial charge in [-0.15, -0.1) is 0 Å². The Hall–Kier alpha value is -3.05. The second kappa shape index (κ2) is 8.97. The molecule has 4 rings (SSSR count). The third-order valence-corrected chi connectivity index (χ3v) is 5.53. The molecule has 5 nitrogen and oxygen atoms in total. The predicted molar refractivity (Wildman–Crippen MR) is 111 cm³/mol. The summed E-state index contributed by atoms with van der Waals surface area (Å²) in [5.74, 6) is 1.60. The van der Waals surface area contributed by atoms with Crippen LogP contribution in [0.25, 0.3) is 0 Å². The van der Waals surface area contributed by atoms with Crippen LogP contribution in [-0.4, -0.2) is 25.6 Å². The summed E-state index contributed by atoms with van der Waals surface area (Å²) >= 11 is 0. The van der Waals surface area contributed by atoms with Crippen LogP contribution < -0.4 is 15.0 Å². The molecule has 1 unspecified atom stereocenters. The van der Waals surface area contributed by atoms with E-state index in [-0.39, 0.29) is 11.9 Å². The Bertz CT molecular complexity index is 935. The van der Waals surface area contributed by atoms with Gasteiger partial charge in [0.1, 0.15) is 12.3 Å². The van der Waals surface area contributed by atoms with Gasteiger partial charge >= 0.3 is 0 Å². The van der Waals surface area contributed by atoms with Crippen LogP contribution in [-0.2, 0) is 13.0 Å². The van der Waals surface area contributed by atoms with Crippen molar-refractivity contribution in [3.05, 3.63) is 89.4 Å². The number of hydrogen-bond donors (Lipinski definition) is 2. The SMILES string of the molecule is CCOc1ccc(C(=O)NC[C@H](c2ccco2)[NH+]2CCc3ccccc3C2)cc1. The molecule has 0 radical (unpaired) electrons. The minimum Gasteiger partial charge on any atom is -0.494 e. The highest BCUT2D eigenvalue weighted by atomic mass is 16.5. The Kier molecular flexibility index (Phi) is 5.96. The summed E-state index contributed by atoms with van der Waals surface area (Å²) in [7, 11) is 0. The fourth-order valence-electron chi connectivity index (χ4n) is 4.00. The van der Waals surface area contributed by atoms with Crippen molar-refractivity contribution in [1.29, 1.82) is 0 Å². The fraction of sp³-hybridized carbons (Fsp3) is 0.292. The molecule has 0 saturated heterocycles. The molecule has 5 heteroatoms. The van der Waals surface area contributed by atoms with Crippen molar-refractivity contribution in [3.8, 4) is 5.75 Å². The van der Waals surface area contributed by atoms with Crippen LogP contribution in [0.3, 0.4) is 0 Å². The van der Waals surface area contributed by atoms with E-state index in [4.69, 9.17) is 9.15 Å². The van der Waals surface area contributed by atoms with E-state index in [1.807, 2.05) is 31.2 Å². The minimum absolute atomic E-state index is 0.0741. The number of hydrogen-bond acceptors (Lipinski definition) is 3. The summed E-state index contributed by atoms with van der Waals surface area (Å²) in [6.07, 6.45) is 2.74. The number of furan rings is 1. The average Bonchev–Trinajstić information content (AvgIpc) is 3.29. The van der Waals surface area contributed by atoms with Gasteiger partial charge in [-0.2, -0.15) is 0 Å². The molecule has 2 atom stereocenters. The number of ether oxygens (including phenoxy) is 1. The molecular formula is C24H27N2O3+. The van der Waals surface area contributed by atoms with Crippen molar-refractivity contribution in [2.24, 2.45) is 0 Å². The van der Waals surface area contributed by atoms with E-state index in [0.29, 0.717) is 18.7 Å². The number of nitrogens with one attached hydrogen (secondary N) is 2. The van der Waals surface area contributed by atoms with E-state index in [1.54, 1.807) is 18.4 Å². The summed E-state index contributed by atoms with van der Waals surface area (Å²) in [4.78, 5) is 14.1.